The standard InChI is InChI=1S/C18H19N5O3/c1-22-9-16(20-21-22)13-7-14(13)17-15(18(25)26-2)8-19-23(17)12-5-3-4-11(6-12)10-24/h3-6,8-9,13-14,24H,7,10H2,1-2H3/t13-,14-/m1/s1. The number of hydrogen-bond acceptors (Lipinski definition) is 6. The fourth-order valence-electron chi connectivity index (χ4n) is 3.33. The van der Waals surface area contributed by atoms with Gasteiger partial charge in [-0.1, -0.05) is 17.3 Å². The number of hydrogen-bond donors (Lipinski definition) is 1. The normalized spacial score (nSPS) is 18.7. The molecule has 1 N–H and O–H groups in total. The van der Waals surface area contributed by atoms with Gasteiger partial charge in [-0.2, -0.15) is 5.10 Å². The predicted molar refractivity (Wildman–Crippen MR) is 91.9 cm³/mol. The zero-order valence-corrected chi connectivity index (χ0v) is 14.5. The molecule has 1 aromatic carbocycles. The molecule has 8 heteroatoms. The van der Waals surface area contributed by atoms with E-state index in [1.807, 2.05) is 37.5 Å². The van der Waals surface area contributed by atoms with E-state index < -0.39 is 5.97 Å². The summed E-state index contributed by atoms with van der Waals surface area (Å²) in [6, 6.07) is 7.46. The number of methoxy groups -OCH3 is 1. The summed E-state index contributed by atoms with van der Waals surface area (Å²) in [4.78, 5) is 12.2. The SMILES string of the molecule is COC(=O)c1cnn(-c2cccc(CO)c2)c1[C@@H]1C[C@H]1c1cn(C)nn1. The Bertz CT molecular complexity index is 961. The highest BCUT2D eigenvalue weighted by Crippen LogP contribution is 2.55. The van der Waals surface area contributed by atoms with E-state index >= 15 is 0 Å². The Morgan fingerprint density at radius 2 is 2.23 bits per heavy atom. The highest BCUT2D eigenvalue weighted by molar-refractivity contribution is 5.91. The highest BCUT2D eigenvalue weighted by atomic mass is 16.5. The summed E-state index contributed by atoms with van der Waals surface area (Å²) in [5, 5.41) is 22.0. The van der Waals surface area contributed by atoms with E-state index in [1.54, 1.807) is 15.6 Å². The minimum atomic E-state index is -0.408. The van der Waals surface area contributed by atoms with Gasteiger partial charge in [0.1, 0.15) is 5.56 Å². The van der Waals surface area contributed by atoms with Crippen LogP contribution in [-0.2, 0) is 18.4 Å². The van der Waals surface area contributed by atoms with Gasteiger partial charge in [0.15, 0.2) is 0 Å². The molecule has 0 unspecified atom stereocenters. The molecule has 0 radical (unpaired) electrons. The molecule has 2 heterocycles. The van der Waals surface area contributed by atoms with Crippen LogP contribution in [0, 0.1) is 0 Å². The monoisotopic (exact) mass is 353 g/mol. The van der Waals surface area contributed by atoms with Crippen molar-refractivity contribution in [1.29, 1.82) is 0 Å². The summed E-state index contributed by atoms with van der Waals surface area (Å²) in [6.45, 7) is -0.0556. The van der Waals surface area contributed by atoms with Gasteiger partial charge in [0.25, 0.3) is 0 Å². The molecule has 26 heavy (non-hydrogen) atoms. The third-order valence-electron chi connectivity index (χ3n) is 4.69. The van der Waals surface area contributed by atoms with Gasteiger partial charge >= 0.3 is 5.97 Å². The molecule has 4 rings (SSSR count). The lowest BCUT2D eigenvalue weighted by molar-refractivity contribution is 0.0599. The molecule has 2 atom stereocenters. The van der Waals surface area contributed by atoms with Crippen molar-refractivity contribution in [3.05, 3.63) is 59.2 Å². The van der Waals surface area contributed by atoms with Crippen molar-refractivity contribution >= 4 is 5.97 Å². The maximum atomic E-state index is 12.2. The van der Waals surface area contributed by atoms with Crippen LogP contribution in [0.1, 0.15) is 45.6 Å². The Hall–Kier alpha value is -3.00. The molecule has 1 aliphatic carbocycles. The van der Waals surface area contributed by atoms with Crippen LogP contribution in [0.4, 0.5) is 0 Å². The van der Waals surface area contributed by atoms with Gasteiger partial charge < -0.3 is 9.84 Å². The maximum Gasteiger partial charge on any atom is 0.341 e. The second kappa shape index (κ2) is 6.38. The van der Waals surface area contributed by atoms with Crippen molar-refractivity contribution in [2.45, 2.75) is 24.9 Å². The average Bonchev–Trinajstić information content (AvgIpc) is 3.12. The van der Waals surface area contributed by atoms with E-state index in [9.17, 15) is 9.90 Å². The van der Waals surface area contributed by atoms with Crippen LogP contribution < -0.4 is 0 Å². The third kappa shape index (κ3) is 2.78. The van der Waals surface area contributed by atoms with Crippen molar-refractivity contribution in [3.8, 4) is 5.69 Å². The number of carbonyl (C=O) groups excluding carboxylic acids is 1. The van der Waals surface area contributed by atoms with Crippen LogP contribution in [-0.4, -0.2) is 43.0 Å². The first kappa shape index (κ1) is 16.5. The van der Waals surface area contributed by atoms with Crippen LogP contribution in [0.5, 0.6) is 0 Å². The summed E-state index contributed by atoms with van der Waals surface area (Å²) in [7, 11) is 3.20. The third-order valence-corrected chi connectivity index (χ3v) is 4.69. The van der Waals surface area contributed by atoms with Crippen molar-refractivity contribution in [2.75, 3.05) is 7.11 Å². The Morgan fingerprint density at radius 3 is 2.92 bits per heavy atom. The van der Waals surface area contributed by atoms with Crippen molar-refractivity contribution in [2.24, 2.45) is 7.05 Å². The fourth-order valence-corrected chi connectivity index (χ4v) is 3.33. The highest BCUT2D eigenvalue weighted by Gasteiger charge is 2.46. The minimum absolute atomic E-state index is 0.0556. The Morgan fingerprint density at radius 1 is 1.38 bits per heavy atom. The summed E-state index contributed by atoms with van der Waals surface area (Å²) >= 11 is 0. The molecule has 0 amide bonds. The van der Waals surface area contributed by atoms with E-state index in [1.165, 1.54) is 7.11 Å². The van der Waals surface area contributed by atoms with Gasteiger partial charge in [0.2, 0.25) is 0 Å². The molecule has 8 nitrogen and oxygen atoms in total. The second-order valence-corrected chi connectivity index (χ2v) is 6.44. The zero-order chi connectivity index (χ0) is 18.3. The molecule has 0 bridgehead atoms. The Balaban J connectivity index is 1.76. The molecular weight excluding hydrogens is 334 g/mol. The molecule has 1 aliphatic rings. The summed E-state index contributed by atoms with van der Waals surface area (Å²) < 4.78 is 8.36. The van der Waals surface area contributed by atoms with Crippen molar-refractivity contribution < 1.29 is 14.6 Å². The number of rotatable bonds is 5. The van der Waals surface area contributed by atoms with Crippen molar-refractivity contribution in [1.82, 2.24) is 24.8 Å². The lowest BCUT2D eigenvalue weighted by Crippen LogP contribution is -2.08. The van der Waals surface area contributed by atoms with Crippen LogP contribution in [0.25, 0.3) is 5.69 Å². The number of esters is 1. The van der Waals surface area contributed by atoms with E-state index in [4.69, 9.17) is 4.74 Å². The van der Waals surface area contributed by atoms with E-state index in [0.717, 1.165) is 29.1 Å². The molecule has 1 saturated carbocycles. The first-order valence-electron chi connectivity index (χ1n) is 8.35. The van der Waals surface area contributed by atoms with E-state index in [-0.39, 0.29) is 18.4 Å². The first-order valence-corrected chi connectivity index (χ1v) is 8.35. The molecule has 134 valence electrons. The summed E-state index contributed by atoms with van der Waals surface area (Å²) in [5.74, 6) is -0.0981. The van der Waals surface area contributed by atoms with E-state index in [0.29, 0.717) is 5.56 Å². The minimum Gasteiger partial charge on any atom is -0.465 e. The number of carbonyl (C=O) groups is 1. The molecule has 0 aliphatic heterocycles. The van der Waals surface area contributed by atoms with Gasteiger partial charge in [0, 0.05) is 25.1 Å². The number of benzene rings is 1. The average molecular weight is 353 g/mol. The van der Waals surface area contributed by atoms with Gasteiger partial charge in [-0.25, -0.2) is 9.48 Å². The quantitative estimate of drug-likeness (QED) is 0.699. The number of aliphatic hydroxyl groups excluding tert-OH is 1. The Labute approximate surface area is 150 Å². The van der Waals surface area contributed by atoms with Crippen LogP contribution >= 0.6 is 0 Å². The number of ether oxygens (including phenoxy) is 1. The predicted octanol–water partition coefficient (Wildman–Crippen LogP) is 1.55. The smallest absolute Gasteiger partial charge is 0.341 e. The van der Waals surface area contributed by atoms with Crippen molar-refractivity contribution in [3.63, 3.8) is 0 Å². The lowest BCUT2D eigenvalue weighted by Gasteiger charge is -2.10. The number of aryl methyl sites for hydroxylation is 1. The van der Waals surface area contributed by atoms with Gasteiger partial charge in [-0.3, -0.25) is 4.68 Å². The molecular formula is C18H19N5O3. The molecule has 1 fully saturated rings. The first-order chi connectivity index (χ1) is 12.6. The zero-order valence-electron chi connectivity index (χ0n) is 14.5. The summed E-state index contributed by atoms with van der Waals surface area (Å²) in [6.07, 6.45) is 4.31. The molecule has 0 spiro atoms. The topological polar surface area (TPSA) is 95.1 Å². The van der Waals surface area contributed by atoms with Crippen LogP contribution in [0.2, 0.25) is 0 Å². The molecule has 2 aromatic heterocycles. The summed E-state index contributed by atoms with van der Waals surface area (Å²) in [5.41, 5.74) is 3.75. The number of aromatic nitrogens is 5. The number of aliphatic hydroxyl groups is 1. The maximum absolute atomic E-state index is 12.2. The van der Waals surface area contributed by atoms with Crippen LogP contribution in [0.15, 0.2) is 36.7 Å². The lowest BCUT2D eigenvalue weighted by atomic mass is 10.1. The Kier molecular flexibility index (Phi) is 4.04. The van der Waals surface area contributed by atoms with Gasteiger partial charge in [-0.05, 0) is 24.1 Å². The molecule has 3 aromatic rings. The number of nitrogens with zero attached hydrogens (tertiary/aromatic N) is 5. The van der Waals surface area contributed by atoms with Crippen LogP contribution in [0.3, 0.4) is 0 Å². The largest absolute Gasteiger partial charge is 0.465 e. The van der Waals surface area contributed by atoms with Gasteiger partial charge in [0.05, 0.1) is 37.0 Å². The molecule has 0 saturated heterocycles. The van der Waals surface area contributed by atoms with E-state index in [2.05, 4.69) is 15.4 Å². The van der Waals surface area contributed by atoms with Gasteiger partial charge in [-0.15, -0.1) is 5.10 Å². The second-order valence-electron chi connectivity index (χ2n) is 6.44. The fraction of sp³-hybridized carbons (Fsp3) is 0.333.